The molecule has 0 spiro atoms. The van der Waals surface area contributed by atoms with Gasteiger partial charge in [0.2, 0.25) is 5.91 Å². The van der Waals surface area contributed by atoms with Crippen molar-refractivity contribution in [3.05, 3.63) is 12.2 Å². The highest BCUT2D eigenvalue weighted by atomic mass is 16.2. The number of nitrogens with one attached hydrogen (secondary N) is 1. The third kappa shape index (κ3) is 5.79. The van der Waals surface area contributed by atoms with E-state index in [1.54, 1.807) is 0 Å². The largest absolute Gasteiger partial charge is 0.353 e. The fraction of sp³-hybridized carbons (Fsp3) is 0.824. The zero-order chi connectivity index (χ0) is 15.1. The van der Waals surface area contributed by atoms with Crippen molar-refractivity contribution in [2.24, 2.45) is 0 Å². The van der Waals surface area contributed by atoms with E-state index in [1.165, 1.54) is 32.1 Å². The van der Waals surface area contributed by atoms with E-state index >= 15 is 0 Å². The molecular formula is C17H31N3O. The second kappa shape index (κ2) is 8.54. The Balaban J connectivity index is 1.74. The van der Waals surface area contributed by atoms with Crippen LogP contribution in [-0.4, -0.2) is 60.5 Å². The van der Waals surface area contributed by atoms with Crippen LogP contribution in [0, 0.1) is 0 Å². The van der Waals surface area contributed by atoms with Crippen molar-refractivity contribution in [2.45, 2.75) is 58.0 Å². The van der Waals surface area contributed by atoms with Crippen LogP contribution in [0.5, 0.6) is 0 Å². The van der Waals surface area contributed by atoms with Gasteiger partial charge >= 0.3 is 0 Å². The topological polar surface area (TPSA) is 35.6 Å². The van der Waals surface area contributed by atoms with Crippen LogP contribution in [0.4, 0.5) is 0 Å². The molecule has 1 atom stereocenters. The van der Waals surface area contributed by atoms with Gasteiger partial charge in [0.05, 0.1) is 6.54 Å². The van der Waals surface area contributed by atoms with Gasteiger partial charge < -0.3 is 5.32 Å². The molecule has 0 aromatic heterocycles. The van der Waals surface area contributed by atoms with Gasteiger partial charge in [-0.25, -0.2) is 0 Å². The Kier molecular flexibility index (Phi) is 6.71. The summed E-state index contributed by atoms with van der Waals surface area (Å²) in [6, 6.07) is 0.857. The highest BCUT2D eigenvalue weighted by Gasteiger charge is 2.23. The van der Waals surface area contributed by atoms with Gasteiger partial charge in [-0.3, -0.25) is 14.6 Å². The maximum absolute atomic E-state index is 11.8. The van der Waals surface area contributed by atoms with Crippen LogP contribution in [0.2, 0.25) is 0 Å². The molecular weight excluding hydrogens is 262 g/mol. The van der Waals surface area contributed by atoms with Crippen LogP contribution < -0.4 is 5.32 Å². The molecule has 0 bridgehead atoms. The Morgan fingerprint density at radius 3 is 2.67 bits per heavy atom. The number of carbonyl (C=O) groups excluding carboxylic acids is 1. The van der Waals surface area contributed by atoms with E-state index in [-0.39, 0.29) is 11.9 Å². The summed E-state index contributed by atoms with van der Waals surface area (Å²) in [6.45, 7) is 8.76. The smallest absolute Gasteiger partial charge is 0.234 e. The number of nitrogens with zero attached hydrogens (tertiary/aromatic N) is 2. The lowest BCUT2D eigenvalue weighted by Crippen LogP contribution is -2.52. The summed E-state index contributed by atoms with van der Waals surface area (Å²) in [4.78, 5) is 16.7. The van der Waals surface area contributed by atoms with Gasteiger partial charge in [-0.05, 0) is 33.1 Å². The van der Waals surface area contributed by atoms with E-state index in [4.69, 9.17) is 0 Å². The van der Waals surface area contributed by atoms with Gasteiger partial charge in [0.15, 0.2) is 0 Å². The molecule has 0 radical (unpaired) electrons. The average molecular weight is 293 g/mol. The third-order valence-electron chi connectivity index (χ3n) is 4.42. The molecule has 1 N–H and O–H groups in total. The predicted octanol–water partition coefficient (Wildman–Crippen LogP) is 2.02. The van der Waals surface area contributed by atoms with Gasteiger partial charge in [0, 0.05) is 38.3 Å². The molecule has 1 aliphatic carbocycles. The number of carbonyl (C=O) groups is 1. The van der Waals surface area contributed by atoms with Crippen LogP contribution in [0.15, 0.2) is 12.2 Å². The Morgan fingerprint density at radius 2 is 1.95 bits per heavy atom. The highest BCUT2D eigenvalue weighted by molar-refractivity contribution is 5.78. The standard InChI is InChI=1S/C17H31N3O/c1-15(2)18-17(21)14-19-10-12-20(13-11-19)16-8-6-4-3-5-7-9-16/h6,8,15-16H,3-5,7,9-14H2,1-2H3,(H,18,21)/b8-6-. The SMILES string of the molecule is CC(C)NC(=O)CN1CCN(C2/C=C\CCCCC2)CC1. The van der Waals surface area contributed by atoms with Crippen LogP contribution >= 0.6 is 0 Å². The van der Waals surface area contributed by atoms with Gasteiger partial charge in [0.25, 0.3) is 0 Å². The first-order chi connectivity index (χ1) is 10.1. The van der Waals surface area contributed by atoms with Crippen LogP contribution in [0.3, 0.4) is 0 Å². The van der Waals surface area contributed by atoms with Crippen LogP contribution in [0.1, 0.15) is 46.0 Å². The Labute approximate surface area is 129 Å². The second-order valence-corrected chi connectivity index (χ2v) is 6.67. The highest BCUT2D eigenvalue weighted by Crippen LogP contribution is 2.18. The molecule has 1 saturated heterocycles. The normalized spacial score (nSPS) is 27.1. The zero-order valence-corrected chi connectivity index (χ0v) is 13.7. The van der Waals surface area contributed by atoms with Crippen molar-refractivity contribution in [1.29, 1.82) is 0 Å². The van der Waals surface area contributed by atoms with E-state index in [1.807, 2.05) is 13.8 Å². The first kappa shape index (κ1) is 16.5. The number of piperazine rings is 1. The lowest BCUT2D eigenvalue weighted by molar-refractivity contribution is -0.123. The van der Waals surface area contributed by atoms with Crippen molar-refractivity contribution in [3.8, 4) is 0 Å². The van der Waals surface area contributed by atoms with Crippen molar-refractivity contribution >= 4 is 5.91 Å². The van der Waals surface area contributed by atoms with Crippen LogP contribution in [-0.2, 0) is 4.79 Å². The van der Waals surface area contributed by atoms with E-state index in [0.29, 0.717) is 12.6 Å². The fourth-order valence-corrected chi connectivity index (χ4v) is 3.27. The molecule has 2 rings (SSSR count). The first-order valence-corrected chi connectivity index (χ1v) is 8.57. The average Bonchev–Trinajstić information content (AvgIpc) is 2.38. The molecule has 1 fully saturated rings. The first-order valence-electron chi connectivity index (χ1n) is 8.57. The Morgan fingerprint density at radius 1 is 1.19 bits per heavy atom. The maximum atomic E-state index is 11.8. The van der Waals surface area contributed by atoms with Gasteiger partial charge in [0.1, 0.15) is 0 Å². The summed E-state index contributed by atoms with van der Waals surface area (Å²) in [5.41, 5.74) is 0. The number of hydrogen-bond acceptors (Lipinski definition) is 3. The number of allylic oxidation sites excluding steroid dienone is 1. The van der Waals surface area contributed by atoms with E-state index in [2.05, 4.69) is 27.3 Å². The zero-order valence-electron chi connectivity index (χ0n) is 13.7. The number of rotatable bonds is 4. The molecule has 4 nitrogen and oxygen atoms in total. The molecule has 0 saturated carbocycles. The third-order valence-corrected chi connectivity index (χ3v) is 4.42. The quantitative estimate of drug-likeness (QED) is 0.806. The predicted molar refractivity (Wildman–Crippen MR) is 87.3 cm³/mol. The maximum Gasteiger partial charge on any atom is 0.234 e. The summed E-state index contributed by atoms with van der Waals surface area (Å²) in [7, 11) is 0. The van der Waals surface area contributed by atoms with Crippen molar-refractivity contribution < 1.29 is 4.79 Å². The Hall–Kier alpha value is -0.870. The lowest BCUT2D eigenvalue weighted by atomic mass is 10.0. The van der Waals surface area contributed by atoms with E-state index < -0.39 is 0 Å². The second-order valence-electron chi connectivity index (χ2n) is 6.67. The molecule has 2 aliphatic rings. The van der Waals surface area contributed by atoms with Gasteiger partial charge in [-0.1, -0.05) is 25.0 Å². The molecule has 1 amide bonds. The molecule has 120 valence electrons. The molecule has 4 heteroatoms. The van der Waals surface area contributed by atoms with Gasteiger partial charge in [-0.2, -0.15) is 0 Å². The summed E-state index contributed by atoms with van der Waals surface area (Å²) in [5, 5.41) is 2.97. The van der Waals surface area contributed by atoms with Gasteiger partial charge in [-0.15, -0.1) is 0 Å². The van der Waals surface area contributed by atoms with Crippen molar-refractivity contribution in [3.63, 3.8) is 0 Å². The summed E-state index contributed by atoms with van der Waals surface area (Å²) < 4.78 is 0. The minimum atomic E-state index is 0.157. The molecule has 21 heavy (non-hydrogen) atoms. The summed E-state index contributed by atoms with van der Waals surface area (Å²) >= 11 is 0. The number of hydrogen-bond donors (Lipinski definition) is 1. The monoisotopic (exact) mass is 293 g/mol. The molecule has 0 aromatic rings. The molecule has 1 unspecified atom stereocenters. The molecule has 0 aromatic carbocycles. The lowest BCUT2D eigenvalue weighted by Gasteiger charge is -2.38. The minimum Gasteiger partial charge on any atom is -0.353 e. The van der Waals surface area contributed by atoms with Crippen molar-refractivity contribution in [2.75, 3.05) is 32.7 Å². The van der Waals surface area contributed by atoms with E-state index in [0.717, 1.165) is 26.2 Å². The summed E-state index contributed by atoms with van der Waals surface area (Å²) in [6.07, 6.45) is 11.4. The van der Waals surface area contributed by atoms with Crippen molar-refractivity contribution in [1.82, 2.24) is 15.1 Å². The minimum absolute atomic E-state index is 0.157. The Bertz CT molecular complexity index is 346. The molecule has 1 heterocycles. The summed E-state index contributed by atoms with van der Waals surface area (Å²) in [5.74, 6) is 0.157. The van der Waals surface area contributed by atoms with Crippen LogP contribution in [0.25, 0.3) is 0 Å². The fourth-order valence-electron chi connectivity index (χ4n) is 3.27. The molecule has 1 aliphatic heterocycles. The number of amides is 1. The van der Waals surface area contributed by atoms with E-state index in [9.17, 15) is 4.79 Å².